The molecule has 0 saturated carbocycles. The van der Waals surface area contributed by atoms with E-state index in [4.69, 9.17) is 14.2 Å². The van der Waals surface area contributed by atoms with Crippen LogP contribution < -0.4 is 19.5 Å². The highest BCUT2D eigenvalue weighted by Crippen LogP contribution is 2.46. The summed E-state index contributed by atoms with van der Waals surface area (Å²) in [5.74, 6) is 3.09. The molecule has 3 aliphatic rings. The fourth-order valence-corrected chi connectivity index (χ4v) is 3.57. The number of ether oxygens (including phenoxy) is 3. The average Bonchev–Trinajstić information content (AvgIpc) is 3.03. The number of hydrogen-bond acceptors (Lipinski definition) is 4. The van der Waals surface area contributed by atoms with Gasteiger partial charge in [-0.3, -0.25) is 0 Å². The van der Waals surface area contributed by atoms with E-state index in [1.54, 1.807) is 6.08 Å². The summed E-state index contributed by atoms with van der Waals surface area (Å²) < 4.78 is 30.7. The van der Waals surface area contributed by atoms with Gasteiger partial charge in [0.2, 0.25) is 0 Å². The van der Waals surface area contributed by atoms with Gasteiger partial charge in [-0.25, -0.2) is 4.39 Å². The van der Waals surface area contributed by atoms with Crippen molar-refractivity contribution in [1.82, 2.24) is 0 Å². The summed E-state index contributed by atoms with van der Waals surface area (Å²) in [6, 6.07) is 11.9. The minimum atomic E-state index is -0.107. The Balaban J connectivity index is 1.33. The van der Waals surface area contributed by atoms with Gasteiger partial charge in [0.05, 0.1) is 5.92 Å². The van der Waals surface area contributed by atoms with Crippen molar-refractivity contribution in [2.45, 2.75) is 18.9 Å². The van der Waals surface area contributed by atoms with Crippen molar-refractivity contribution < 1.29 is 18.6 Å². The van der Waals surface area contributed by atoms with Crippen LogP contribution in [0.25, 0.3) is 0 Å². The third-order valence-corrected chi connectivity index (χ3v) is 4.89. The van der Waals surface area contributed by atoms with Crippen LogP contribution in [0.1, 0.15) is 23.5 Å². The van der Waals surface area contributed by atoms with Crippen LogP contribution in [-0.2, 0) is 6.54 Å². The molecule has 1 N–H and O–H groups in total. The van der Waals surface area contributed by atoms with E-state index in [2.05, 4.69) is 11.4 Å². The topological polar surface area (TPSA) is 39.7 Å². The smallest absolute Gasteiger partial charge is 0.161 e. The average molecular weight is 351 g/mol. The molecule has 1 unspecified atom stereocenters. The van der Waals surface area contributed by atoms with Crippen molar-refractivity contribution in [3.05, 3.63) is 71.3 Å². The summed E-state index contributed by atoms with van der Waals surface area (Å²) in [6.45, 7) is 1.84. The molecular formula is C21H18FNO3. The summed E-state index contributed by atoms with van der Waals surface area (Å²) in [5, 5.41) is 3.42. The molecule has 1 aliphatic carbocycles. The molecule has 2 heterocycles. The van der Waals surface area contributed by atoms with Gasteiger partial charge in [-0.15, -0.1) is 0 Å². The van der Waals surface area contributed by atoms with Gasteiger partial charge < -0.3 is 19.5 Å². The molecule has 0 fully saturated rings. The van der Waals surface area contributed by atoms with E-state index in [1.807, 2.05) is 30.3 Å². The number of nitrogens with one attached hydrogen (secondary N) is 1. The zero-order valence-corrected chi connectivity index (χ0v) is 14.1. The molecule has 0 spiro atoms. The van der Waals surface area contributed by atoms with Crippen LogP contribution in [0, 0.1) is 0 Å². The summed E-state index contributed by atoms with van der Waals surface area (Å²) in [7, 11) is 0. The fourth-order valence-electron chi connectivity index (χ4n) is 3.57. The largest absolute Gasteiger partial charge is 0.486 e. The first-order chi connectivity index (χ1) is 12.8. The summed E-state index contributed by atoms with van der Waals surface area (Å²) >= 11 is 0. The number of rotatable bonds is 3. The lowest BCUT2D eigenvalue weighted by Gasteiger charge is -2.19. The Kier molecular flexibility index (Phi) is 3.59. The first-order valence-corrected chi connectivity index (χ1v) is 8.77. The maximum atomic E-state index is 13.6. The van der Waals surface area contributed by atoms with E-state index in [1.165, 1.54) is 6.08 Å². The van der Waals surface area contributed by atoms with Crippen LogP contribution in [0.2, 0.25) is 0 Å². The standard InChI is InChI=1S/C21H18FNO3/c22-14-2-5-18-16(10-14)17-11-15(3-6-19(17)26-18)23-12-13-1-4-20-21(9-13)25-8-7-24-20/h1-6,9,11,16,23H,7-8,10,12H2. The molecule has 0 radical (unpaired) electrons. The van der Waals surface area contributed by atoms with Gasteiger partial charge in [-0.2, -0.15) is 0 Å². The van der Waals surface area contributed by atoms with Gasteiger partial charge in [-0.05, 0) is 48.0 Å². The van der Waals surface area contributed by atoms with Crippen LogP contribution in [0.4, 0.5) is 10.1 Å². The van der Waals surface area contributed by atoms with E-state index in [0.717, 1.165) is 39.8 Å². The van der Waals surface area contributed by atoms with Crippen molar-refractivity contribution in [2.75, 3.05) is 18.5 Å². The van der Waals surface area contributed by atoms with Crippen LogP contribution in [-0.4, -0.2) is 13.2 Å². The summed E-state index contributed by atoms with van der Waals surface area (Å²) in [6.07, 6.45) is 3.58. The number of allylic oxidation sites excluding steroid dienone is 4. The van der Waals surface area contributed by atoms with Crippen molar-refractivity contribution >= 4 is 5.69 Å². The molecule has 2 aliphatic heterocycles. The molecule has 1 atom stereocenters. The number of fused-ring (bicyclic) bond motifs is 4. The predicted octanol–water partition coefficient (Wildman–Crippen LogP) is 4.69. The second-order valence-corrected chi connectivity index (χ2v) is 6.63. The molecule has 26 heavy (non-hydrogen) atoms. The van der Waals surface area contributed by atoms with Crippen molar-refractivity contribution in [2.24, 2.45) is 0 Å². The second-order valence-electron chi connectivity index (χ2n) is 6.63. The van der Waals surface area contributed by atoms with E-state index < -0.39 is 0 Å². The predicted molar refractivity (Wildman–Crippen MR) is 96.5 cm³/mol. The highest BCUT2D eigenvalue weighted by molar-refractivity contribution is 5.58. The van der Waals surface area contributed by atoms with Crippen LogP contribution in [0.5, 0.6) is 17.2 Å². The summed E-state index contributed by atoms with van der Waals surface area (Å²) in [5.41, 5.74) is 3.13. The Bertz CT molecular complexity index is 935. The first-order valence-electron chi connectivity index (χ1n) is 8.77. The van der Waals surface area contributed by atoms with Gasteiger partial charge in [0.1, 0.15) is 30.5 Å². The molecule has 4 nitrogen and oxygen atoms in total. The summed E-state index contributed by atoms with van der Waals surface area (Å²) in [4.78, 5) is 0. The zero-order chi connectivity index (χ0) is 17.5. The number of benzene rings is 2. The molecule has 132 valence electrons. The molecule has 5 rings (SSSR count). The third kappa shape index (κ3) is 2.69. The van der Waals surface area contributed by atoms with E-state index in [-0.39, 0.29) is 11.7 Å². The van der Waals surface area contributed by atoms with Gasteiger partial charge in [0.15, 0.2) is 11.5 Å². The Morgan fingerprint density at radius 3 is 2.73 bits per heavy atom. The maximum absolute atomic E-state index is 13.6. The Morgan fingerprint density at radius 2 is 1.81 bits per heavy atom. The molecule has 0 saturated heterocycles. The van der Waals surface area contributed by atoms with Crippen LogP contribution >= 0.6 is 0 Å². The van der Waals surface area contributed by atoms with Crippen molar-refractivity contribution in [1.29, 1.82) is 0 Å². The van der Waals surface area contributed by atoms with Gasteiger partial charge in [0, 0.05) is 24.2 Å². The van der Waals surface area contributed by atoms with E-state index in [0.29, 0.717) is 26.2 Å². The fraction of sp³-hybridized carbons (Fsp3) is 0.238. The van der Waals surface area contributed by atoms with Gasteiger partial charge in [0.25, 0.3) is 0 Å². The molecule has 2 aromatic carbocycles. The zero-order valence-electron chi connectivity index (χ0n) is 14.1. The molecule has 0 amide bonds. The van der Waals surface area contributed by atoms with Gasteiger partial charge >= 0.3 is 0 Å². The second kappa shape index (κ2) is 6.09. The van der Waals surface area contributed by atoms with Crippen molar-refractivity contribution in [3.8, 4) is 17.2 Å². The molecule has 0 bridgehead atoms. The molecule has 2 aromatic rings. The van der Waals surface area contributed by atoms with Crippen LogP contribution in [0.3, 0.4) is 0 Å². The SMILES string of the molecule is FC1=CC=C2Oc3ccc(NCc4ccc5c(c4)OCCO5)cc3C2C1. The normalized spacial score (nSPS) is 19.7. The lowest BCUT2D eigenvalue weighted by atomic mass is 9.91. The monoisotopic (exact) mass is 351 g/mol. The highest BCUT2D eigenvalue weighted by Gasteiger charge is 2.32. The Hall–Kier alpha value is -2.95. The lowest BCUT2D eigenvalue weighted by molar-refractivity contribution is 0.171. The number of halogens is 1. The Morgan fingerprint density at radius 1 is 0.962 bits per heavy atom. The number of hydrogen-bond donors (Lipinski definition) is 1. The molecule has 0 aromatic heterocycles. The van der Waals surface area contributed by atoms with Crippen molar-refractivity contribution in [3.63, 3.8) is 0 Å². The maximum Gasteiger partial charge on any atom is 0.161 e. The quantitative estimate of drug-likeness (QED) is 0.871. The third-order valence-electron chi connectivity index (χ3n) is 4.89. The minimum absolute atomic E-state index is 0.0222. The first kappa shape index (κ1) is 15.3. The number of anilines is 1. The van der Waals surface area contributed by atoms with Gasteiger partial charge in [-0.1, -0.05) is 6.07 Å². The highest BCUT2D eigenvalue weighted by atomic mass is 19.1. The van der Waals surface area contributed by atoms with E-state index in [9.17, 15) is 4.39 Å². The lowest BCUT2D eigenvalue weighted by Crippen LogP contribution is -2.15. The van der Waals surface area contributed by atoms with Crippen LogP contribution in [0.15, 0.2) is 60.1 Å². The Labute approximate surface area is 150 Å². The molecular weight excluding hydrogens is 333 g/mol. The minimum Gasteiger partial charge on any atom is -0.486 e. The van der Waals surface area contributed by atoms with E-state index >= 15 is 0 Å². The molecule has 5 heteroatoms.